The first kappa shape index (κ1) is 14.1. The molecule has 1 aromatic rings. The van der Waals surface area contributed by atoms with E-state index in [0.717, 1.165) is 31.6 Å². The molecular weight excluding hydrogens is 270 g/mol. The summed E-state index contributed by atoms with van der Waals surface area (Å²) in [4.78, 5) is 27.5. The second-order valence-electron chi connectivity index (χ2n) is 5.84. The molecule has 0 bridgehead atoms. The predicted molar refractivity (Wildman–Crippen MR) is 76.4 cm³/mol. The number of hydrogen-bond acceptors (Lipinski definition) is 4. The zero-order chi connectivity index (χ0) is 15.0. The van der Waals surface area contributed by atoms with E-state index in [2.05, 4.69) is 5.10 Å². The highest BCUT2D eigenvalue weighted by Gasteiger charge is 2.27. The molecule has 0 spiro atoms. The van der Waals surface area contributed by atoms with Gasteiger partial charge in [-0.3, -0.25) is 14.3 Å². The Hall–Kier alpha value is -1.89. The molecule has 1 atom stereocenters. The third-order valence-corrected chi connectivity index (χ3v) is 4.19. The van der Waals surface area contributed by atoms with E-state index in [4.69, 9.17) is 5.73 Å². The highest BCUT2D eigenvalue weighted by molar-refractivity contribution is 5.92. The minimum Gasteiger partial charge on any atom is -0.337 e. The molecule has 3 rings (SSSR count). The zero-order valence-corrected chi connectivity index (χ0v) is 12.3. The van der Waals surface area contributed by atoms with Crippen LogP contribution in [0.25, 0.3) is 0 Å². The van der Waals surface area contributed by atoms with Gasteiger partial charge < -0.3 is 15.5 Å². The van der Waals surface area contributed by atoms with Crippen molar-refractivity contribution in [1.29, 1.82) is 0 Å². The molecule has 7 heteroatoms. The van der Waals surface area contributed by atoms with Crippen LogP contribution < -0.4 is 5.73 Å². The quantitative estimate of drug-likeness (QED) is 0.777. The first-order valence-corrected chi connectivity index (χ1v) is 7.41. The Bertz CT molecular complexity index is 568. The van der Waals surface area contributed by atoms with Crippen molar-refractivity contribution in [3.8, 4) is 0 Å². The average Bonchev–Trinajstić information content (AvgIpc) is 2.99. The third kappa shape index (κ3) is 2.78. The van der Waals surface area contributed by atoms with Crippen LogP contribution in [0, 0.1) is 0 Å². The van der Waals surface area contributed by atoms with Crippen LogP contribution in [0.5, 0.6) is 0 Å². The normalized spacial score (nSPS) is 22.1. The molecule has 1 saturated heterocycles. The number of carbonyl (C=O) groups excluding carboxylic acids is 2. The van der Waals surface area contributed by atoms with Gasteiger partial charge in [-0.1, -0.05) is 0 Å². The molecule has 3 heterocycles. The molecule has 2 aliphatic rings. The summed E-state index contributed by atoms with van der Waals surface area (Å²) in [6.07, 6.45) is 1.70. The van der Waals surface area contributed by atoms with Gasteiger partial charge in [-0.25, -0.2) is 0 Å². The standard InChI is InChI=1S/C14H21N5O2/c1-10(20)17-4-2-5-19-12(9-17)7-13(16-19)14(21)18-6-3-11(15)8-18/h7,11H,2-6,8-9,15H2,1H3/t11-/m0/s1. The van der Waals surface area contributed by atoms with Crippen LogP contribution in [-0.2, 0) is 17.9 Å². The lowest BCUT2D eigenvalue weighted by molar-refractivity contribution is -0.129. The highest BCUT2D eigenvalue weighted by Crippen LogP contribution is 2.17. The van der Waals surface area contributed by atoms with Gasteiger partial charge in [0, 0.05) is 39.1 Å². The molecule has 2 amide bonds. The van der Waals surface area contributed by atoms with Crippen LogP contribution in [0.4, 0.5) is 0 Å². The lowest BCUT2D eigenvalue weighted by Gasteiger charge is -2.17. The van der Waals surface area contributed by atoms with Gasteiger partial charge in [-0.05, 0) is 18.9 Å². The van der Waals surface area contributed by atoms with Crippen LogP contribution in [0.15, 0.2) is 6.07 Å². The van der Waals surface area contributed by atoms with Gasteiger partial charge in [-0.2, -0.15) is 5.10 Å². The number of amides is 2. The van der Waals surface area contributed by atoms with E-state index < -0.39 is 0 Å². The molecule has 7 nitrogen and oxygen atoms in total. The Balaban J connectivity index is 1.79. The molecule has 2 aliphatic heterocycles. The molecule has 0 aromatic carbocycles. The SMILES string of the molecule is CC(=O)N1CCCn2nc(C(=O)N3CC[C@H](N)C3)cc2C1. The van der Waals surface area contributed by atoms with Crippen molar-refractivity contribution >= 4 is 11.8 Å². The van der Waals surface area contributed by atoms with Crippen molar-refractivity contribution < 1.29 is 9.59 Å². The molecule has 21 heavy (non-hydrogen) atoms. The van der Waals surface area contributed by atoms with Crippen LogP contribution in [0.1, 0.15) is 35.9 Å². The number of carbonyl (C=O) groups is 2. The first-order valence-electron chi connectivity index (χ1n) is 7.41. The van der Waals surface area contributed by atoms with Crippen LogP contribution in [0.3, 0.4) is 0 Å². The molecular formula is C14H21N5O2. The fourth-order valence-corrected chi connectivity index (χ4v) is 2.97. The van der Waals surface area contributed by atoms with Crippen molar-refractivity contribution in [2.45, 2.75) is 38.9 Å². The second-order valence-corrected chi connectivity index (χ2v) is 5.84. The molecule has 0 radical (unpaired) electrons. The molecule has 2 N–H and O–H groups in total. The maximum Gasteiger partial charge on any atom is 0.274 e. The molecule has 0 unspecified atom stereocenters. The monoisotopic (exact) mass is 291 g/mol. The lowest BCUT2D eigenvalue weighted by Crippen LogP contribution is -2.32. The Morgan fingerprint density at radius 2 is 2.10 bits per heavy atom. The van der Waals surface area contributed by atoms with E-state index in [1.807, 2.05) is 10.7 Å². The summed E-state index contributed by atoms with van der Waals surface area (Å²) in [6, 6.07) is 1.88. The largest absolute Gasteiger partial charge is 0.337 e. The topological polar surface area (TPSA) is 84.5 Å². The Kier molecular flexibility index (Phi) is 3.67. The van der Waals surface area contributed by atoms with Gasteiger partial charge in [-0.15, -0.1) is 0 Å². The predicted octanol–water partition coefficient (Wildman–Crippen LogP) is -0.191. The van der Waals surface area contributed by atoms with E-state index in [1.165, 1.54) is 0 Å². The number of nitrogens with two attached hydrogens (primary N) is 1. The number of hydrogen-bond donors (Lipinski definition) is 1. The van der Waals surface area contributed by atoms with Crippen LogP contribution in [-0.4, -0.2) is 57.1 Å². The zero-order valence-electron chi connectivity index (χ0n) is 12.3. The molecule has 0 saturated carbocycles. The summed E-state index contributed by atoms with van der Waals surface area (Å²) in [5, 5.41) is 4.42. The van der Waals surface area contributed by atoms with Crippen LogP contribution in [0.2, 0.25) is 0 Å². The van der Waals surface area contributed by atoms with Gasteiger partial charge in [0.05, 0.1) is 12.2 Å². The maximum absolute atomic E-state index is 12.4. The smallest absolute Gasteiger partial charge is 0.274 e. The average molecular weight is 291 g/mol. The minimum atomic E-state index is -0.0575. The number of aromatic nitrogens is 2. The third-order valence-electron chi connectivity index (χ3n) is 4.19. The Morgan fingerprint density at radius 3 is 2.76 bits per heavy atom. The fraction of sp³-hybridized carbons (Fsp3) is 0.643. The molecule has 0 aliphatic carbocycles. The van der Waals surface area contributed by atoms with E-state index in [0.29, 0.717) is 25.3 Å². The summed E-state index contributed by atoms with van der Waals surface area (Å²) in [5.41, 5.74) is 7.23. The van der Waals surface area contributed by atoms with Gasteiger partial charge in [0.15, 0.2) is 5.69 Å². The van der Waals surface area contributed by atoms with Gasteiger partial charge in [0.25, 0.3) is 5.91 Å². The summed E-state index contributed by atoms with van der Waals surface area (Å²) in [5.74, 6) is 0.000872. The number of nitrogens with zero attached hydrogens (tertiary/aromatic N) is 4. The summed E-state index contributed by atoms with van der Waals surface area (Å²) >= 11 is 0. The summed E-state index contributed by atoms with van der Waals surface area (Å²) in [6.45, 7) is 4.87. The first-order chi connectivity index (χ1) is 10.0. The fourth-order valence-electron chi connectivity index (χ4n) is 2.97. The maximum atomic E-state index is 12.4. The second kappa shape index (κ2) is 5.48. The van der Waals surface area contributed by atoms with E-state index in [9.17, 15) is 9.59 Å². The molecule has 1 fully saturated rings. The Morgan fingerprint density at radius 1 is 1.29 bits per heavy atom. The molecule has 1 aromatic heterocycles. The lowest BCUT2D eigenvalue weighted by atomic mass is 10.3. The van der Waals surface area contributed by atoms with Crippen molar-refractivity contribution in [3.05, 3.63) is 17.5 Å². The van der Waals surface area contributed by atoms with Crippen molar-refractivity contribution in [3.63, 3.8) is 0 Å². The van der Waals surface area contributed by atoms with E-state index in [1.54, 1.807) is 16.7 Å². The van der Waals surface area contributed by atoms with Crippen molar-refractivity contribution in [2.75, 3.05) is 19.6 Å². The van der Waals surface area contributed by atoms with Crippen LogP contribution >= 0.6 is 0 Å². The number of likely N-dealkylation sites (tertiary alicyclic amines) is 1. The minimum absolute atomic E-state index is 0.0575. The number of rotatable bonds is 1. The highest BCUT2D eigenvalue weighted by atomic mass is 16.2. The summed E-state index contributed by atoms with van der Waals surface area (Å²) < 4.78 is 1.85. The van der Waals surface area contributed by atoms with Gasteiger partial charge in [0.2, 0.25) is 5.91 Å². The number of aryl methyl sites for hydroxylation is 1. The number of fused-ring (bicyclic) bond motifs is 1. The van der Waals surface area contributed by atoms with Crippen molar-refractivity contribution in [2.24, 2.45) is 5.73 Å². The van der Waals surface area contributed by atoms with Gasteiger partial charge in [0.1, 0.15) is 0 Å². The summed E-state index contributed by atoms with van der Waals surface area (Å²) in [7, 11) is 0. The van der Waals surface area contributed by atoms with E-state index >= 15 is 0 Å². The Labute approximate surface area is 123 Å². The molecule has 114 valence electrons. The van der Waals surface area contributed by atoms with Gasteiger partial charge >= 0.3 is 0 Å². The van der Waals surface area contributed by atoms with Crippen molar-refractivity contribution in [1.82, 2.24) is 19.6 Å². The van der Waals surface area contributed by atoms with E-state index in [-0.39, 0.29) is 17.9 Å².